The molecule has 9 heteroatoms. The van der Waals surface area contributed by atoms with Gasteiger partial charge < -0.3 is 14.5 Å². The predicted octanol–water partition coefficient (Wildman–Crippen LogP) is 1.09. The highest BCUT2D eigenvalue weighted by atomic mass is 19.4. The van der Waals surface area contributed by atoms with Gasteiger partial charge in [0.15, 0.2) is 0 Å². The number of halogens is 3. The first kappa shape index (κ1) is 16.5. The molecule has 0 spiro atoms. The molecule has 22 heavy (non-hydrogen) atoms. The van der Waals surface area contributed by atoms with Crippen molar-refractivity contribution in [2.45, 2.75) is 19.2 Å². The minimum Gasteiger partial charge on any atom is -0.359 e. The highest BCUT2D eigenvalue weighted by molar-refractivity contribution is 5.80. The Bertz CT molecular complexity index is 490. The first-order valence-corrected chi connectivity index (χ1v) is 6.86. The van der Waals surface area contributed by atoms with E-state index >= 15 is 0 Å². The molecule has 1 aromatic heterocycles. The number of amides is 1. The van der Waals surface area contributed by atoms with E-state index in [0.29, 0.717) is 32.1 Å². The third kappa shape index (κ3) is 4.55. The number of hydrogen-bond donors (Lipinski definition) is 0. The van der Waals surface area contributed by atoms with Crippen LogP contribution in [0.5, 0.6) is 0 Å². The van der Waals surface area contributed by atoms with E-state index in [1.54, 1.807) is 18.5 Å². The zero-order valence-electron chi connectivity index (χ0n) is 12.1. The lowest BCUT2D eigenvalue weighted by Crippen LogP contribution is -2.52. The average molecular weight is 318 g/mol. The molecular formula is C13H17F3N4O2. The summed E-state index contributed by atoms with van der Waals surface area (Å²) >= 11 is 0. The number of nitrogens with zero attached hydrogens (tertiary/aromatic N) is 4. The second-order valence-electron chi connectivity index (χ2n) is 4.93. The van der Waals surface area contributed by atoms with Gasteiger partial charge in [-0.15, -0.1) is 0 Å². The number of carbonyl (C=O) groups is 1. The minimum atomic E-state index is -4.43. The Labute approximate surface area is 125 Å². The number of aromatic nitrogens is 2. The van der Waals surface area contributed by atoms with Crippen molar-refractivity contribution < 1.29 is 22.7 Å². The van der Waals surface area contributed by atoms with Crippen molar-refractivity contribution in [1.29, 1.82) is 0 Å². The molecule has 1 saturated heterocycles. The molecule has 122 valence electrons. The number of piperazine rings is 1. The summed E-state index contributed by atoms with van der Waals surface area (Å²) < 4.78 is 40.8. The molecule has 1 amide bonds. The van der Waals surface area contributed by atoms with Gasteiger partial charge in [-0.05, 0) is 13.0 Å². The maximum atomic E-state index is 12.1. The van der Waals surface area contributed by atoms with E-state index in [1.807, 2.05) is 4.90 Å². The van der Waals surface area contributed by atoms with Crippen LogP contribution in [0.4, 0.5) is 19.1 Å². The van der Waals surface area contributed by atoms with Crippen LogP contribution in [-0.4, -0.2) is 65.8 Å². The lowest BCUT2D eigenvalue weighted by molar-refractivity contribution is -0.188. The van der Waals surface area contributed by atoms with Gasteiger partial charge in [0.25, 0.3) is 5.91 Å². The number of ether oxygens (including phenoxy) is 1. The van der Waals surface area contributed by atoms with E-state index in [1.165, 1.54) is 11.8 Å². The van der Waals surface area contributed by atoms with Gasteiger partial charge in [0.1, 0.15) is 12.7 Å². The van der Waals surface area contributed by atoms with Gasteiger partial charge in [-0.1, -0.05) is 0 Å². The molecule has 6 nitrogen and oxygen atoms in total. The maximum absolute atomic E-state index is 12.1. The molecule has 1 aliphatic heterocycles. The van der Waals surface area contributed by atoms with E-state index in [0.717, 1.165) is 0 Å². The molecule has 0 N–H and O–H groups in total. The smallest absolute Gasteiger partial charge is 0.359 e. The van der Waals surface area contributed by atoms with Gasteiger partial charge in [-0.25, -0.2) is 9.97 Å². The van der Waals surface area contributed by atoms with E-state index in [4.69, 9.17) is 0 Å². The summed E-state index contributed by atoms with van der Waals surface area (Å²) in [6.07, 6.45) is -2.28. The van der Waals surface area contributed by atoms with Crippen LogP contribution in [0, 0.1) is 0 Å². The highest BCUT2D eigenvalue weighted by Gasteiger charge is 2.32. The number of carbonyl (C=O) groups excluding carboxylic acids is 1. The minimum absolute atomic E-state index is 0.400. The fourth-order valence-corrected chi connectivity index (χ4v) is 2.13. The monoisotopic (exact) mass is 318 g/mol. The topological polar surface area (TPSA) is 58.6 Å². The molecule has 1 atom stereocenters. The zero-order valence-corrected chi connectivity index (χ0v) is 12.1. The second-order valence-corrected chi connectivity index (χ2v) is 4.93. The van der Waals surface area contributed by atoms with E-state index < -0.39 is 24.8 Å². The first-order valence-electron chi connectivity index (χ1n) is 6.86. The van der Waals surface area contributed by atoms with Crippen molar-refractivity contribution >= 4 is 11.9 Å². The van der Waals surface area contributed by atoms with Crippen LogP contribution in [0.2, 0.25) is 0 Å². The Kier molecular flexibility index (Phi) is 5.17. The van der Waals surface area contributed by atoms with Gasteiger partial charge in [-0.3, -0.25) is 4.79 Å². The number of alkyl halides is 3. The molecule has 1 aliphatic rings. The average Bonchev–Trinajstić information content (AvgIpc) is 2.52. The molecule has 0 radical (unpaired) electrons. The molecule has 1 fully saturated rings. The van der Waals surface area contributed by atoms with Gasteiger partial charge in [0.2, 0.25) is 5.95 Å². The molecule has 1 aromatic rings. The van der Waals surface area contributed by atoms with Gasteiger partial charge >= 0.3 is 6.18 Å². The summed E-state index contributed by atoms with van der Waals surface area (Å²) in [4.78, 5) is 23.7. The quantitative estimate of drug-likeness (QED) is 0.832. The molecule has 0 aliphatic carbocycles. The third-order valence-electron chi connectivity index (χ3n) is 3.27. The van der Waals surface area contributed by atoms with Crippen LogP contribution in [0.15, 0.2) is 18.5 Å². The summed E-state index contributed by atoms with van der Waals surface area (Å²) in [6.45, 7) is 1.77. The maximum Gasteiger partial charge on any atom is 0.411 e. The van der Waals surface area contributed by atoms with Crippen LogP contribution in [0.3, 0.4) is 0 Å². The van der Waals surface area contributed by atoms with E-state index in [-0.39, 0.29) is 0 Å². The van der Waals surface area contributed by atoms with Crippen molar-refractivity contribution in [1.82, 2.24) is 14.9 Å². The summed E-state index contributed by atoms with van der Waals surface area (Å²) in [5, 5.41) is 0. The Hall–Kier alpha value is -1.90. The standard InChI is InChI=1S/C13H17F3N4O2/c1-10(22-9-13(14,15)16)11(21)19-5-7-20(8-6-19)12-17-3-2-4-18-12/h2-4,10H,5-9H2,1H3/t10-/m0/s1. The Morgan fingerprint density at radius 1 is 1.27 bits per heavy atom. The Morgan fingerprint density at radius 2 is 1.86 bits per heavy atom. The summed E-state index contributed by atoms with van der Waals surface area (Å²) in [5.41, 5.74) is 0. The fraction of sp³-hybridized carbons (Fsp3) is 0.615. The molecular weight excluding hydrogens is 301 g/mol. The molecule has 0 unspecified atom stereocenters. The summed E-state index contributed by atoms with van der Waals surface area (Å²) in [5.74, 6) is 0.147. The third-order valence-corrected chi connectivity index (χ3v) is 3.27. The van der Waals surface area contributed by atoms with Crippen molar-refractivity contribution in [2.24, 2.45) is 0 Å². The number of rotatable bonds is 4. The van der Waals surface area contributed by atoms with Crippen LogP contribution < -0.4 is 4.90 Å². The summed E-state index contributed by atoms with van der Waals surface area (Å²) in [6, 6.07) is 1.71. The van der Waals surface area contributed by atoms with E-state index in [2.05, 4.69) is 14.7 Å². The van der Waals surface area contributed by atoms with Gasteiger partial charge in [0, 0.05) is 38.6 Å². The zero-order chi connectivity index (χ0) is 16.2. The predicted molar refractivity (Wildman–Crippen MR) is 72.3 cm³/mol. The highest BCUT2D eigenvalue weighted by Crippen LogP contribution is 2.16. The Balaban J connectivity index is 1.82. The fourth-order valence-electron chi connectivity index (χ4n) is 2.13. The van der Waals surface area contributed by atoms with Crippen molar-refractivity contribution in [3.05, 3.63) is 18.5 Å². The molecule has 0 saturated carbocycles. The molecule has 2 rings (SSSR count). The molecule has 2 heterocycles. The lowest BCUT2D eigenvalue weighted by Gasteiger charge is -2.35. The van der Waals surface area contributed by atoms with Crippen LogP contribution >= 0.6 is 0 Å². The second kappa shape index (κ2) is 6.91. The van der Waals surface area contributed by atoms with Crippen molar-refractivity contribution in [3.63, 3.8) is 0 Å². The van der Waals surface area contributed by atoms with Crippen LogP contribution in [-0.2, 0) is 9.53 Å². The SMILES string of the molecule is C[C@H](OCC(F)(F)F)C(=O)N1CCN(c2ncccn2)CC1. The largest absolute Gasteiger partial charge is 0.411 e. The number of anilines is 1. The summed E-state index contributed by atoms with van der Waals surface area (Å²) in [7, 11) is 0. The normalized spacial score (nSPS) is 17.5. The lowest BCUT2D eigenvalue weighted by atomic mass is 10.2. The van der Waals surface area contributed by atoms with Gasteiger partial charge in [-0.2, -0.15) is 13.2 Å². The Morgan fingerprint density at radius 3 is 2.41 bits per heavy atom. The van der Waals surface area contributed by atoms with Crippen molar-refractivity contribution in [2.75, 3.05) is 37.7 Å². The van der Waals surface area contributed by atoms with Crippen LogP contribution in [0.25, 0.3) is 0 Å². The first-order chi connectivity index (χ1) is 10.4. The van der Waals surface area contributed by atoms with Gasteiger partial charge in [0.05, 0.1) is 0 Å². The molecule has 0 aromatic carbocycles. The molecule has 0 bridgehead atoms. The van der Waals surface area contributed by atoms with Crippen LogP contribution in [0.1, 0.15) is 6.92 Å². The van der Waals surface area contributed by atoms with E-state index in [9.17, 15) is 18.0 Å². The van der Waals surface area contributed by atoms with Crippen molar-refractivity contribution in [3.8, 4) is 0 Å². The number of hydrogen-bond acceptors (Lipinski definition) is 5.